The molecule has 0 bridgehead atoms. The van der Waals surface area contributed by atoms with E-state index >= 15 is 0 Å². The van der Waals surface area contributed by atoms with Gasteiger partial charge in [-0.25, -0.2) is 0 Å². The normalized spacial score (nSPS) is 28.8. The maximum absolute atomic E-state index is 12.7. The van der Waals surface area contributed by atoms with Crippen LogP contribution in [-0.2, 0) is 9.59 Å². The van der Waals surface area contributed by atoms with Crippen LogP contribution in [0.5, 0.6) is 0 Å². The van der Waals surface area contributed by atoms with Crippen molar-refractivity contribution in [3.05, 3.63) is 0 Å². The smallest absolute Gasteiger partial charge is 0.223 e. The molecule has 3 unspecified atom stereocenters. The molecule has 3 heteroatoms. The Hall–Kier alpha value is -0.860. The molecular weight excluding hydrogens is 262 g/mol. The molecule has 3 atom stereocenters. The lowest BCUT2D eigenvalue weighted by molar-refractivity contribution is -0.137. The molecule has 1 heterocycles. The maximum Gasteiger partial charge on any atom is 0.223 e. The first-order valence-corrected chi connectivity index (χ1v) is 8.63. The molecule has 1 aliphatic carbocycles. The summed E-state index contributed by atoms with van der Waals surface area (Å²) in [4.78, 5) is 26.9. The Morgan fingerprint density at radius 3 is 2.57 bits per heavy atom. The molecule has 2 aliphatic rings. The van der Waals surface area contributed by atoms with Crippen LogP contribution in [0.2, 0.25) is 0 Å². The summed E-state index contributed by atoms with van der Waals surface area (Å²) in [5.74, 6) is 1.15. The van der Waals surface area contributed by atoms with E-state index in [0.29, 0.717) is 18.1 Å². The zero-order chi connectivity index (χ0) is 15.6. The van der Waals surface area contributed by atoms with Crippen LogP contribution in [0.25, 0.3) is 0 Å². The van der Waals surface area contributed by atoms with Gasteiger partial charge >= 0.3 is 0 Å². The van der Waals surface area contributed by atoms with E-state index in [4.69, 9.17) is 0 Å². The van der Waals surface area contributed by atoms with Crippen molar-refractivity contribution in [2.75, 3.05) is 6.54 Å². The standard InChI is InChI=1S/C18H31NO2/c1-13(18(2,3)4)12-17(21)19-11-7-9-15(19)14-8-5-6-10-16(14)20/h13-15H,5-12H2,1-4H3. The fraction of sp³-hybridized carbons (Fsp3) is 0.889. The van der Waals surface area contributed by atoms with Crippen molar-refractivity contribution in [1.29, 1.82) is 0 Å². The lowest BCUT2D eigenvalue weighted by Gasteiger charge is -2.35. The van der Waals surface area contributed by atoms with E-state index in [1.165, 1.54) is 0 Å². The van der Waals surface area contributed by atoms with E-state index in [9.17, 15) is 9.59 Å². The second-order valence-electron chi connectivity index (χ2n) is 8.09. The van der Waals surface area contributed by atoms with Crippen LogP contribution >= 0.6 is 0 Å². The highest BCUT2D eigenvalue weighted by Crippen LogP contribution is 2.34. The van der Waals surface area contributed by atoms with Crippen LogP contribution < -0.4 is 0 Å². The molecule has 21 heavy (non-hydrogen) atoms. The van der Waals surface area contributed by atoms with Gasteiger partial charge in [0.1, 0.15) is 5.78 Å². The summed E-state index contributed by atoms with van der Waals surface area (Å²) in [7, 11) is 0. The third-order valence-corrected chi connectivity index (χ3v) is 5.65. The number of hydrogen-bond acceptors (Lipinski definition) is 2. The van der Waals surface area contributed by atoms with Crippen molar-refractivity contribution in [3.63, 3.8) is 0 Å². The minimum atomic E-state index is 0.121. The number of likely N-dealkylation sites (tertiary alicyclic amines) is 1. The van der Waals surface area contributed by atoms with Crippen molar-refractivity contribution in [2.24, 2.45) is 17.3 Å². The second kappa shape index (κ2) is 6.50. The molecule has 2 rings (SSSR count). The number of amides is 1. The van der Waals surface area contributed by atoms with Crippen LogP contribution in [0, 0.1) is 17.3 Å². The second-order valence-corrected chi connectivity index (χ2v) is 8.09. The Morgan fingerprint density at radius 1 is 1.24 bits per heavy atom. The van der Waals surface area contributed by atoms with Crippen LogP contribution in [0.15, 0.2) is 0 Å². The lowest BCUT2D eigenvalue weighted by atomic mass is 9.79. The van der Waals surface area contributed by atoms with Crippen LogP contribution in [0.1, 0.15) is 72.6 Å². The molecule has 0 aromatic rings. The Balaban J connectivity index is 2.01. The van der Waals surface area contributed by atoms with Gasteiger partial charge in [0.25, 0.3) is 0 Å². The van der Waals surface area contributed by atoms with Gasteiger partial charge in [0.15, 0.2) is 0 Å². The minimum Gasteiger partial charge on any atom is -0.339 e. The zero-order valence-corrected chi connectivity index (χ0v) is 14.2. The first-order valence-electron chi connectivity index (χ1n) is 8.63. The van der Waals surface area contributed by atoms with Crippen molar-refractivity contribution < 1.29 is 9.59 Å². The van der Waals surface area contributed by atoms with Crippen molar-refractivity contribution in [1.82, 2.24) is 4.90 Å². The molecule has 1 aliphatic heterocycles. The third-order valence-electron chi connectivity index (χ3n) is 5.65. The number of Topliss-reactive ketones (excluding diaryl/α,β-unsaturated/α-hetero) is 1. The molecule has 2 fully saturated rings. The highest BCUT2D eigenvalue weighted by atomic mass is 16.2. The summed E-state index contributed by atoms with van der Waals surface area (Å²) < 4.78 is 0. The van der Waals surface area contributed by atoms with E-state index in [1.807, 2.05) is 4.90 Å². The summed E-state index contributed by atoms with van der Waals surface area (Å²) in [5.41, 5.74) is 0.158. The van der Waals surface area contributed by atoms with Gasteiger partial charge in [0.05, 0.1) is 0 Å². The summed E-state index contributed by atoms with van der Waals surface area (Å²) in [6.45, 7) is 9.59. The predicted molar refractivity (Wildman–Crippen MR) is 84.9 cm³/mol. The average molecular weight is 293 g/mol. The van der Waals surface area contributed by atoms with Crippen molar-refractivity contribution >= 4 is 11.7 Å². The van der Waals surface area contributed by atoms with Crippen molar-refractivity contribution in [3.8, 4) is 0 Å². The number of carbonyl (C=O) groups excluding carboxylic acids is 2. The summed E-state index contributed by atoms with van der Waals surface area (Å²) in [6.07, 6.45) is 6.59. The van der Waals surface area contributed by atoms with Gasteiger partial charge in [-0.3, -0.25) is 9.59 Å². The predicted octanol–water partition coefficient (Wildman–Crippen LogP) is 3.81. The number of carbonyl (C=O) groups is 2. The Labute approximate surface area is 129 Å². The highest BCUT2D eigenvalue weighted by molar-refractivity contribution is 5.84. The minimum absolute atomic E-state index is 0.121. The maximum atomic E-state index is 12.7. The van der Waals surface area contributed by atoms with Crippen LogP contribution in [-0.4, -0.2) is 29.2 Å². The SMILES string of the molecule is CC(CC(=O)N1CCCC1C1CCCCC1=O)C(C)(C)C. The molecule has 0 aromatic heterocycles. The van der Waals surface area contributed by atoms with E-state index in [0.717, 1.165) is 45.1 Å². The quantitative estimate of drug-likeness (QED) is 0.793. The van der Waals surface area contributed by atoms with Gasteiger partial charge in [-0.2, -0.15) is 0 Å². The topological polar surface area (TPSA) is 37.4 Å². The van der Waals surface area contributed by atoms with Gasteiger partial charge in [-0.1, -0.05) is 34.1 Å². The van der Waals surface area contributed by atoms with Gasteiger partial charge in [0.2, 0.25) is 5.91 Å². The Morgan fingerprint density at radius 2 is 1.95 bits per heavy atom. The number of ketones is 1. The monoisotopic (exact) mass is 293 g/mol. The average Bonchev–Trinajstić information content (AvgIpc) is 2.87. The molecule has 0 spiro atoms. The third kappa shape index (κ3) is 3.87. The molecular formula is C18H31NO2. The fourth-order valence-electron chi connectivity index (χ4n) is 3.62. The van der Waals surface area contributed by atoms with Crippen LogP contribution in [0.3, 0.4) is 0 Å². The van der Waals surface area contributed by atoms with E-state index in [2.05, 4.69) is 27.7 Å². The molecule has 0 aromatic carbocycles. The molecule has 0 N–H and O–H groups in total. The van der Waals surface area contributed by atoms with Gasteiger partial charge < -0.3 is 4.90 Å². The van der Waals surface area contributed by atoms with Crippen LogP contribution in [0.4, 0.5) is 0 Å². The molecule has 1 amide bonds. The van der Waals surface area contributed by atoms with E-state index < -0.39 is 0 Å². The van der Waals surface area contributed by atoms with Gasteiger partial charge in [-0.05, 0) is 37.0 Å². The van der Waals surface area contributed by atoms with E-state index in [1.54, 1.807) is 0 Å². The van der Waals surface area contributed by atoms with Gasteiger partial charge in [-0.15, -0.1) is 0 Å². The Kier molecular flexibility index (Phi) is 5.11. The molecule has 1 saturated heterocycles. The number of nitrogens with zero attached hydrogens (tertiary/aromatic N) is 1. The molecule has 120 valence electrons. The zero-order valence-electron chi connectivity index (χ0n) is 14.2. The largest absolute Gasteiger partial charge is 0.339 e. The summed E-state index contributed by atoms with van der Waals surface area (Å²) in [5, 5.41) is 0. The lowest BCUT2D eigenvalue weighted by Crippen LogP contribution is -2.44. The van der Waals surface area contributed by atoms with Gasteiger partial charge in [0, 0.05) is 31.3 Å². The Bertz CT molecular complexity index is 397. The fourth-order valence-corrected chi connectivity index (χ4v) is 3.62. The summed E-state index contributed by atoms with van der Waals surface area (Å²) >= 11 is 0. The number of hydrogen-bond donors (Lipinski definition) is 0. The highest BCUT2D eigenvalue weighted by Gasteiger charge is 2.39. The van der Waals surface area contributed by atoms with E-state index in [-0.39, 0.29) is 23.3 Å². The molecule has 0 radical (unpaired) electrons. The first kappa shape index (κ1) is 16.5. The molecule has 3 nitrogen and oxygen atoms in total. The summed E-state index contributed by atoms with van der Waals surface area (Å²) in [6, 6.07) is 0.192. The van der Waals surface area contributed by atoms with Crippen molar-refractivity contribution in [2.45, 2.75) is 78.7 Å². The first-order chi connectivity index (χ1) is 9.80. The molecule has 1 saturated carbocycles. The number of rotatable bonds is 3.